The number of rotatable bonds is 3. The quantitative estimate of drug-likeness (QED) is 0.869. The number of aromatic nitrogens is 1. The van der Waals surface area contributed by atoms with Crippen LogP contribution in [0.5, 0.6) is 5.75 Å². The number of hydrogen-bond donors (Lipinski definition) is 0. The molecule has 6 heteroatoms. The molecule has 118 valence electrons. The van der Waals surface area contributed by atoms with Crippen LogP contribution in [0.2, 0.25) is 0 Å². The summed E-state index contributed by atoms with van der Waals surface area (Å²) >= 11 is 1.75. The van der Waals surface area contributed by atoms with Crippen molar-refractivity contribution in [2.75, 3.05) is 13.2 Å². The van der Waals surface area contributed by atoms with E-state index in [-0.39, 0.29) is 12.5 Å². The number of aryl methyl sites for hydroxylation is 2. The zero-order valence-corrected chi connectivity index (χ0v) is 13.9. The molecule has 23 heavy (non-hydrogen) atoms. The lowest BCUT2D eigenvalue weighted by molar-refractivity contribution is -0.134. The van der Waals surface area contributed by atoms with Gasteiger partial charge in [-0.25, -0.2) is 0 Å². The van der Waals surface area contributed by atoms with Crippen LogP contribution >= 0.6 is 11.3 Å². The van der Waals surface area contributed by atoms with Crippen molar-refractivity contribution in [2.24, 2.45) is 0 Å². The third-order valence-electron chi connectivity index (χ3n) is 3.92. The van der Waals surface area contributed by atoms with Gasteiger partial charge in [0.2, 0.25) is 0 Å². The van der Waals surface area contributed by atoms with Crippen molar-refractivity contribution in [1.82, 2.24) is 9.88 Å². The Hall–Kier alpha value is -2.39. The molecule has 0 unspecified atom stereocenters. The molecule has 2 aromatic heterocycles. The molecule has 0 spiro atoms. The number of nitriles is 1. The van der Waals surface area contributed by atoms with Crippen LogP contribution < -0.4 is 4.74 Å². The molecule has 5 nitrogen and oxygen atoms in total. The van der Waals surface area contributed by atoms with Crippen molar-refractivity contribution in [2.45, 2.75) is 26.8 Å². The van der Waals surface area contributed by atoms with E-state index in [0.29, 0.717) is 23.6 Å². The number of hydrogen-bond acceptors (Lipinski definition) is 5. The average molecular weight is 327 g/mol. The van der Waals surface area contributed by atoms with E-state index in [2.05, 4.69) is 22.5 Å². The molecule has 0 aromatic carbocycles. The SMILES string of the molecule is Cc1cc(OCC(=O)N2CCc3sccc3C2)c(C#N)c(C)n1. The Balaban J connectivity index is 1.68. The molecule has 3 rings (SSSR count). The predicted octanol–water partition coefficient (Wildman–Crippen LogP) is 2.60. The van der Waals surface area contributed by atoms with Crippen LogP contribution in [-0.4, -0.2) is 28.9 Å². The van der Waals surface area contributed by atoms with Crippen molar-refractivity contribution in [3.8, 4) is 11.8 Å². The van der Waals surface area contributed by atoms with Gasteiger partial charge in [0.05, 0.1) is 5.69 Å². The van der Waals surface area contributed by atoms with Gasteiger partial charge in [-0.15, -0.1) is 11.3 Å². The minimum atomic E-state index is -0.0585. The Morgan fingerprint density at radius 3 is 3.13 bits per heavy atom. The molecule has 1 aliphatic rings. The summed E-state index contributed by atoms with van der Waals surface area (Å²) in [5.74, 6) is 0.372. The number of nitrogens with zero attached hydrogens (tertiary/aromatic N) is 3. The topological polar surface area (TPSA) is 66.2 Å². The number of carbonyl (C=O) groups excluding carboxylic acids is 1. The maximum atomic E-state index is 12.4. The van der Waals surface area contributed by atoms with E-state index in [4.69, 9.17) is 4.74 Å². The lowest BCUT2D eigenvalue weighted by Gasteiger charge is -2.27. The molecule has 0 radical (unpaired) electrons. The van der Waals surface area contributed by atoms with Gasteiger partial charge in [0, 0.05) is 29.7 Å². The summed E-state index contributed by atoms with van der Waals surface area (Å²) in [5, 5.41) is 11.3. The minimum Gasteiger partial charge on any atom is -0.482 e. The first-order valence-corrected chi connectivity index (χ1v) is 8.30. The molecule has 0 bridgehead atoms. The van der Waals surface area contributed by atoms with Gasteiger partial charge >= 0.3 is 0 Å². The second-order valence-electron chi connectivity index (χ2n) is 5.56. The number of amides is 1. The molecule has 0 N–H and O–H groups in total. The third kappa shape index (κ3) is 3.20. The highest BCUT2D eigenvalue weighted by molar-refractivity contribution is 7.10. The molecule has 1 aliphatic heterocycles. The van der Waals surface area contributed by atoms with E-state index in [1.165, 1.54) is 10.4 Å². The van der Waals surface area contributed by atoms with Gasteiger partial charge in [-0.05, 0) is 37.3 Å². The molecular weight excluding hydrogens is 310 g/mol. The lowest BCUT2D eigenvalue weighted by atomic mass is 10.1. The summed E-state index contributed by atoms with van der Waals surface area (Å²) in [7, 11) is 0. The van der Waals surface area contributed by atoms with E-state index in [0.717, 1.165) is 18.7 Å². The van der Waals surface area contributed by atoms with Gasteiger partial charge in [-0.2, -0.15) is 5.26 Å². The van der Waals surface area contributed by atoms with Crippen LogP contribution in [0.15, 0.2) is 17.5 Å². The van der Waals surface area contributed by atoms with Crippen LogP contribution in [0.3, 0.4) is 0 Å². The number of pyridine rings is 1. The molecule has 0 fully saturated rings. The average Bonchev–Trinajstić information content (AvgIpc) is 2.99. The largest absolute Gasteiger partial charge is 0.482 e. The molecule has 0 atom stereocenters. The lowest BCUT2D eigenvalue weighted by Crippen LogP contribution is -2.38. The van der Waals surface area contributed by atoms with Crippen molar-refractivity contribution >= 4 is 17.2 Å². The second kappa shape index (κ2) is 6.39. The summed E-state index contributed by atoms with van der Waals surface area (Å²) in [5.41, 5.74) is 3.01. The maximum absolute atomic E-state index is 12.4. The summed E-state index contributed by atoms with van der Waals surface area (Å²) < 4.78 is 5.62. The van der Waals surface area contributed by atoms with Crippen LogP contribution in [0, 0.1) is 25.2 Å². The summed E-state index contributed by atoms with van der Waals surface area (Å²) in [4.78, 5) is 19.8. The zero-order chi connectivity index (χ0) is 16.4. The fourth-order valence-corrected chi connectivity index (χ4v) is 3.62. The molecule has 0 saturated heterocycles. The van der Waals surface area contributed by atoms with Gasteiger partial charge in [0.15, 0.2) is 6.61 Å². The van der Waals surface area contributed by atoms with E-state index in [9.17, 15) is 10.1 Å². The molecule has 2 aromatic rings. The monoisotopic (exact) mass is 327 g/mol. The predicted molar refractivity (Wildman–Crippen MR) is 87.4 cm³/mol. The zero-order valence-electron chi connectivity index (χ0n) is 13.1. The number of carbonyl (C=O) groups is 1. The minimum absolute atomic E-state index is 0.0575. The fraction of sp³-hybridized carbons (Fsp3) is 0.353. The summed E-state index contributed by atoms with van der Waals surface area (Å²) in [6, 6.07) is 5.87. The van der Waals surface area contributed by atoms with Crippen molar-refractivity contribution in [3.05, 3.63) is 44.9 Å². The van der Waals surface area contributed by atoms with Crippen LogP contribution in [0.25, 0.3) is 0 Å². The molecular formula is C17H17N3O2S. The van der Waals surface area contributed by atoms with Crippen molar-refractivity contribution in [3.63, 3.8) is 0 Å². The Morgan fingerprint density at radius 2 is 2.35 bits per heavy atom. The van der Waals surface area contributed by atoms with Crippen LogP contribution in [-0.2, 0) is 17.8 Å². The van der Waals surface area contributed by atoms with Crippen molar-refractivity contribution < 1.29 is 9.53 Å². The highest BCUT2D eigenvalue weighted by Gasteiger charge is 2.22. The van der Waals surface area contributed by atoms with E-state index in [1.54, 1.807) is 24.3 Å². The Kier molecular flexibility index (Phi) is 4.30. The first kappa shape index (κ1) is 15.5. The summed E-state index contributed by atoms with van der Waals surface area (Å²) in [6.07, 6.45) is 0.898. The van der Waals surface area contributed by atoms with E-state index < -0.39 is 0 Å². The van der Waals surface area contributed by atoms with Gasteiger partial charge < -0.3 is 9.64 Å². The van der Waals surface area contributed by atoms with Gasteiger partial charge in [-0.3, -0.25) is 9.78 Å². The Morgan fingerprint density at radius 1 is 1.52 bits per heavy atom. The van der Waals surface area contributed by atoms with E-state index >= 15 is 0 Å². The first-order valence-electron chi connectivity index (χ1n) is 7.42. The molecule has 0 saturated carbocycles. The van der Waals surface area contributed by atoms with E-state index in [1.807, 2.05) is 11.8 Å². The molecule has 0 aliphatic carbocycles. The number of ether oxygens (including phenoxy) is 1. The number of thiophene rings is 1. The highest BCUT2D eigenvalue weighted by atomic mass is 32.1. The van der Waals surface area contributed by atoms with Gasteiger partial charge in [0.25, 0.3) is 5.91 Å². The maximum Gasteiger partial charge on any atom is 0.260 e. The van der Waals surface area contributed by atoms with Crippen molar-refractivity contribution in [1.29, 1.82) is 5.26 Å². The first-order chi connectivity index (χ1) is 11.1. The van der Waals surface area contributed by atoms with Crippen LogP contribution in [0.4, 0.5) is 0 Å². The van der Waals surface area contributed by atoms with Gasteiger partial charge in [0.1, 0.15) is 17.4 Å². The van der Waals surface area contributed by atoms with Gasteiger partial charge in [-0.1, -0.05) is 0 Å². The molecule has 1 amide bonds. The molecule has 3 heterocycles. The Bertz CT molecular complexity index is 792. The standard InChI is InChI=1S/C17H17N3O2S/c1-11-7-15(14(8-18)12(2)19-11)22-10-17(21)20-5-3-16-13(9-20)4-6-23-16/h4,6-7H,3,5,9-10H2,1-2H3. The smallest absolute Gasteiger partial charge is 0.260 e. The Labute approximate surface area is 139 Å². The summed E-state index contributed by atoms with van der Waals surface area (Å²) in [6.45, 7) is 4.90. The third-order valence-corrected chi connectivity index (χ3v) is 4.94. The fourth-order valence-electron chi connectivity index (χ4n) is 2.73. The second-order valence-corrected chi connectivity index (χ2v) is 6.56. The number of fused-ring (bicyclic) bond motifs is 1. The van der Waals surface area contributed by atoms with Crippen LogP contribution in [0.1, 0.15) is 27.4 Å². The highest BCUT2D eigenvalue weighted by Crippen LogP contribution is 2.25. The normalized spacial score (nSPS) is 13.3.